The largest absolute Gasteiger partial charge is 0.391 e. The van der Waals surface area contributed by atoms with E-state index in [0.29, 0.717) is 6.54 Å². The van der Waals surface area contributed by atoms with Crippen LogP contribution in [0, 0.1) is 0 Å². The fraction of sp³-hybridized carbons (Fsp3) is 0.625. The second-order valence-corrected chi connectivity index (χ2v) is 8.36. The monoisotopic (exact) mass is 490 g/mol. The number of rotatable bonds is 2. The number of hydrogen-bond acceptors (Lipinski definition) is 6. The van der Waals surface area contributed by atoms with Gasteiger partial charge in [0, 0.05) is 25.5 Å². The fourth-order valence-electron chi connectivity index (χ4n) is 3.23. The second-order valence-electron chi connectivity index (χ2n) is 6.53. The lowest BCUT2D eigenvalue weighted by Crippen LogP contribution is -2.41. The van der Waals surface area contributed by atoms with Crippen LogP contribution in [0.3, 0.4) is 0 Å². The highest BCUT2D eigenvalue weighted by molar-refractivity contribution is 9.10. The summed E-state index contributed by atoms with van der Waals surface area (Å²) in [5.74, 6) is 0. The van der Waals surface area contributed by atoms with Gasteiger partial charge in [-0.05, 0) is 57.8 Å². The first-order chi connectivity index (χ1) is 12.5. The van der Waals surface area contributed by atoms with Gasteiger partial charge in [-0.2, -0.15) is 10.2 Å². The smallest absolute Gasteiger partial charge is 0.0902 e. The predicted octanol–water partition coefficient (Wildman–Crippen LogP) is 1.08. The van der Waals surface area contributed by atoms with Gasteiger partial charge in [0.25, 0.3) is 0 Å². The molecule has 8 nitrogen and oxygen atoms in total. The number of piperidine rings is 2. The first kappa shape index (κ1) is 20.0. The van der Waals surface area contributed by atoms with Crippen LogP contribution in [-0.2, 0) is 0 Å². The summed E-state index contributed by atoms with van der Waals surface area (Å²) < 4.78 is 5.54. The van der Waals surface area contributed by atoms with E-state index in [0.717, 1.165) is 41.4 Å². The van der Waals surface area contributed by atoms with Crippen molar-refractivity contribution in [2.45, 2.75) is 37.1 Å². The Morgan fingerprint density at radius 2 is 1.42 bits per heavy atom. The molecule has 0 amide bonds. The molecule has 0 aromatic carbocycles. The molecule has 0 spiro atoms. The third kappa shape index (κ3) is 5.14. The number of nitrogens with zero attached hydrogens (tertiary/aromatic N) is 4. The molecule has 10 heteroatoms. The van der Waals surface area contributed by atoms with Gasteiger partial charge in [0.15, 0.2) is 0 Å². The van der Waals surface area contributed by atoms with Crippen LogP contribution in [0.1, 0.15) is 24.9 Å². The Bertz CT molecular complexity index is 636. The molecule has 0 bridgehead atoms. The summed E-state index contributed by atoms with van der Waals surface area (Å²) in [5.41, 5.74) is 0. The summed E-state index contributed by atoms with van der Waals surface area (Å²) in [7, 11) is 0. The number of β-amino-alcohol motifs (C(OH)–C–C–N with tert-alkyl or cyclic N) is 1. The lowest BCUT2D eigenvalue weighted by Gasteiger charge is -2.28. The number of aliphatic hydroxyl groups is 2. The van der Waals surface area contributed by atoms with Crippen molar-refractivity contribution in [3.05, 3.63) is 33.7 Å². The first-order valence-electron chi connectivity index (χ1n) is 8.71. The molecule has 2 fully saturated rings. The van der Waals surface area contributed by atoms with E-state index in [1.807, 2.05) is 17.1 Å². The Kier molecular flexibility index (Phi) is 7.24. The zero-order chi connectivity index (χ0) is 18.5. The minimum absolute atomic E-state index is 0.0695. The molecule has 2 aromatic rings. The number of halogens is 2. The maximum atomic E-state index is 9.72. The van der Waals surface area contributed by atoms with Crippen LogP contribution in [0.2, 0.25) is 0 Å². The van der Waals surface area contributed by atoms with Gasteiger partial charge in [-0.1, -0.05) is 0 Å². The van der Waals surface area contributed by atoms with Crippen LogP contribution in [0.5, 0.6) is 0 Å². The molecule has 26 heavy (non-hydrogen) atoms. The zero-order valence-corrected chi connectivity index (χ0v) is 17.5. The van der Waals surface area contributed by atoms with Gasteiger partial charge in [-0.3, -0.25) is 9.36 Å². The molecule has 4 heterocycles. The Morgan fingerprint density at radius 3 is 1.96 bits per heavy atom. The summed E-state index contributed by atoms with van der Waals surface area (Å²) in [6.07, 6.45) is 8.38. The molecule has 4 atom stereocenters. The summed E-state index contributed by atoms with van der Waals surface area (Å²) >= 11 is 6.67. The van der Waals surface area contributed by atoms with E-state index in [1.165, 1.54) is 0 Å². The molecule has 2 aromatic heterocycles. The predicted molar refractivity (Wildman–Crippen MR) is 105 cm³/mol. The standard InChI is InChI=1S/2C8H12BrN3O/c9-6-3-11-12(5-6)7-4-10-2-1-8(7)13;9-6-3-11-12(5-6)7-1-2-10-4-8(7)13/h2*3,5,7-8,10,13H,1-2,4H2/t2*7-,8-/m10/s1. The Balaban J connectivity index is 0.000000151. The van der Waals surface area contributed by atoms with Gasteiger partial charge in [0.1, 0.15) is 0 Å². The molecule has 4 rings (SSSR count). The average molecular weight is 492 g/mol. The van der Waals surface area contributed by atoms with E-state index in [9.17, 15) is 10.2 Å². The van der Waals surface area contributed by atoms with E-state index < -0.39 is 0 Å². The first-order valence-corrected chi connectivity index (χ1v) is 10.3. The van der Waals surface area contributed by atoms with Crippen molar-refractivity contribution in [3.8, 4) is 0 Å². The second kappa shape index (κ2) is 9.43. The zero-order valence-electron chi connectivity index (χ0n) is 14.3. The van der Waals surface area contributed by atoms with Crippen molar-refractivity contribution in [3.63, 3.8) is 0 Å². The molecule has 0 aliphatic carbocycles. The summed E-state index contributed by atoms with van der Waals surface area (Å²) in [4.78, 5) is 0. The maximum Gasteiger partial charge on any atom is 0.0902 e. The molecule has 2 aliphatic heterocycles. The number of hydrogen-bond donors (Lipinski definition) is 4. The van der Waals surface area contributed by atoms with Crippen molar-refractivity contribution in [1.82, 2.24) is 30.2 Å². The molecular formula is C16H24Br2N6O2. The van der Waals surface area contributed by atoms with Gasteiger partial charge in [-0.15, -0.1) is 0 Å². The van der Waals surface area contributed by atoms with E-state index in [4.69, 9.17) is 0 Å². The van der Waals surface area contributed by atoms with Crippen LogP contribution >= 0.6 is 31.9 Å². The molecule has 0 radical (unpaired) electrons. The van der Waals surface area contributed by atoms with E-state index in [-0.39, 0.29) is 24.3 Å². The number of nitrogens with one attached hydrogen (secondary N) is 2. The molecule has 2 saturated heterocycles. The van der Waals surface area contributed by atoms with Gasteiger partial charge in [-0.25, -0.2) is 0 Å². The fourth-order valence-corrected chi connectivity index (χ4v) is 3.83. The molecular weight excluding hydrogens is 468 g/mol. The van der Waals surface area contributed by atoms with Crippen molar-refractivity contribution in [2.75, 3.05) is 26.2 Å². The topological polar surface area (TPSA) is 100 Å². The Morgan fingerprint density at radius 1 is 0.846 bits per heavy atom. The SMILES string of the molecule is O[C@@H]1CCNC[C@H]1n1cc(Br)cn1.O[C@H]1CNCC[C@@H]1n1cc(Br)cn1. The highest BCUT2D eigenvalue weighted by atomic mass is 79.9. The third-order valence-electron chi connectivity index (χ3n) is 4.65. The maximum absolute atomic E-state index is 9.72. The number of aromatic nitrogens is 4. The van der Waals surface area contributed by atoms with Gasteiger partial charge in [0.05, 0.1) is 45.6 Å². The highest BCUT2D eigenvalue weighted by Crippen LogP contribution is 2.20. The summed E-state index contributed by atoms with van der Waals surface area (Å²) in [6, 6.07) is 0.188. The number of aliphatic hydroxyl groups excluding tert-OH is 2. The van der Waals surface area contributed by atoms with Crippen LogP contribution in [0.4, 0.5) is 0 Å². The van der Waals surface area contributed by atoms with Crippen molar-refractivity contribution in [1.29, 1.82) is 0 Å². The van der Waals surface area contributed by atoms with E-state index in [1.54, 1.807) is 17.1 Å². The van der Waals surface area contributed by atoms with Crippen molar-refractivity contribution >= 4 is 31.9 Å². The summed E-state index contributed by atoms with van der Waals surface area (Å²) in [6.45, 7) is 3.27. The molecule has 0 saturated carbocycles. The summed E-state index contributed by atoms with van der Waals surface area (Å²) in [5, 5.41) is 34.1. The van der Waals surface area contributed by atoms with Crippen LogP contribution in [0.25, 0.3) is 0 Å². The molecule has 2 aliphatic rings. The Hall–Kier alpha value is -0.780. The minimum Gasteiger partial charge on any atom is -0.391 e. The Labute approximate surface area is 169 Å². The normalized spacial score (nSPS) is 29.1. The molecule has 4 N–H and O–H groups in total. The van der Waals surface area contributed by atoms with Gasteiger partial charge in [0.2, 0.25) is 0 Å². The van der Waals surface area contributed by atoms with Crippen molar-refractivity contribution in [2.24, 2.45) is 0 Å². The van der Waals surface area contributed by atoms with E-state index >= 15 is 0 Å². The minimum atomic E-state index is -0.333. The third-order valence-corrected chi connectivity index (χ3v) is 5.47. The highest BCUT2D eigenvalue weighted by Gasteiger charge is 2.25. The average Bonchev–Trinajstić information content (AvgIpc) is 3.25. The lowest BCUT2D eigenvalue weighted by atomic mass is 10.0. The van der Waals surface area contributed by atoms with Crippen LogP contribution in [0.15, 0.2) is 33.7 Å². The van der Waals surface area contributed by atoms with Crippen LogP contribution in [-0.4, -0.2) is 68.2 Å². The quantitative estimate of drug-likeness (QED) is 0.501. The van der Waals surface area contributed by atoms with Gasteiger partial charge < -0.3 is 20.8 Å². The van der Waals surface area contributed by atoms with Crippen molar-refractivity contribution < 1.29 is 10.2 Å². The lowest BCUT2D eigenvalue weighted by molar-refractivity contribution is 0.0783. The van der Waals surface area contributed by atoms with E-state index in [2.05, 4.69) is 52.7 Å². The van der Waals surface area contributed by atoms with Crippen LogP contribution < -0.4 is 10.6 Å². The van der Waals surface area contributed by atoms with Gasteiger partial charge >= 0.3 is 0 Å². The molecule has 0 unspecified atom stereocenters. The molecule has 144 valence electrons.